The molecule has 3 rings (SSSR count). The van der Waals surface area contributed by atoms with Crippen molar-refractivity contribution in [2.24, 2.45) is 5.92 Å². The molecule has 0 radical (unpaired) electrons. The average Bonchev–Trinajstić information content (AvgIpc) is 2.97. The predicted octanol–water partition coefficient (Wildman–Crippen LogP) is 3.72. The molecule has 0 bridgehead atoms. The molecule has 1 saturated carbocycles. The van der Waals surface area contributed by atoms with Gasteiger partial charge in [0.15, 0.2) is 5.69 Å². The topological polar surface area (TPSA) is 84.2 Å². The zero-order valence-corrected chi connectivity index (χ0v) is 13.6. The molecule has 9 heteroatoms. The Balaban J connectivity index is 1.80. The molecule has 1 aliphatic carbocycles. The van der Waals surface area contributed by atoms with Gasteiger partial charge in [0, 0.05) is 12.1 Å². The molecule has 6 nitrogen and oxygen atoms in total. The maximum absolute atomic E-state index is 13.2. The summed E-state index contributed by atoms with van der Waals surface area (Å²) in [5.74, 6) is -1.43. The number of rotatable bonds is 5. The van der Waals surface area contributed by atoms with Crippen LogP contribution in [0.3, 0.4) is 0 Å². The number of carbonyl (C=O) groups is 2. The number of carbonyl (C=O) groups excluding carboxylic acids is 1. The standard InChI is InChI=1S/C17H16F3N3O3/c18-17(19,20)15-13(16(25)26)9-21-23(15)12-6-4-11(5-7-12)22-14(24)8-10-2-1-3-10/h4-7,9-10H,1-3,8H2,(H,22,24)(H,25,26). The van der Waals surface area contributed by atoms with Crippen LogP contribution in [0.25, 0.3) is 5.69 Å². The third-order valence-corrected chi connectivity index (χ3v) is 4.36. The number of alkyl halides is 3. The van der Waals surface area contributed by atoms with Crippen molar-refractivity contribution in [3.05, 3.63) is 41.7 Å². The molecule has 2 N–H and O–H groups in total. The van der Waals surface area contributed by atoms with Crippen LogP contribution in [0.5, 0.6) is 0 Å². The molecule has 1 heterocycles. The minimum Gasteiger partial charge on any atom is -0.478 e. The van der Waals surface area contributed by atoms with Crippen LogP contribution in [-0.2, 0) is 11.0 Å². The molecule has 1 fully saturated rings. The summed E-state index contributed by atoms with van der Waals surface area (Å²) in [6.07, 6.45) is -0.563. The smallest absolute Gasteiger partial charge is 0.434 e. The number of hydrogen-bond acceptors (Lipinski definition) is 3. The number of benzene rings is 1. The molecule has 0 atom stereocenters. The van der Waals surface area contributed by atoms with Gasteiger partial charge in [-0.1, -0.05) is 6.42 Å². The second-order valence-corrected chi connectivity index (χ2v) is 6.22. The number of aromatic nitrogens is 2. The van der Waals surface area contributed by atoms with Crippen molar-refractivity contribution in [3.8, 4) is 5.69 Å². The summed E-state index contributed by atoms with van der Waals surface area (Å²) in [5.41, 5.74) is -1.78. The monoisotopic (exact) mass is 367 g/mol. The second-order valence-electron chi connectivity index (χ2n) is 6.22. The van der Waals surface area contributed by atoms with Gasteiger partial charge in [-0.3, -0.25) is 4.79 Å². The first-order chi connectivity index (χ1) is 12.3. The van der Waals surface area contributed by atoms with Crippen molar-refractivity contribution >= 4 is 17.6 Å². The number of aromatic carboxylic acids is 1. The third kappa shape index (κ3) is 3.71. The molecule has 1 amide bonds. The summed E-state index contributed by atoms with van der Waals surface area (Å²) >= 11 is 0. The number of hydrogen-bond donors (Lipinski definition) is 2. The van der Waals surface area contributed by atoms with Crippen LogP contribution >= 0.6 is 0 Å². The molecule has 0 unspecified atom stereocenters. The molecule has 1 aromatic carbocycles. The van der Waals surface area contributed by atoms with E-state index < -0.39 is 23.4 Å². The highest BCUT2D eigenvalue weighted by Gasteiger charge is 2.40. The number of carboxylic acid groups (broad SMARTS) is 1. The minimum atomic E-state index is -4.88. The summed E-state index contributed by atoms with van der Waals surface area (Å²) in [6, 6.07) is 5.59. The quantitative estimate of drug-likeness (QED) is 0.844. The van der Waals surface area contributed by atoms with Gasteiger partial charge in [0.05, 0.1) is 11.9 Å². The minimum absolute atomic E-state index is 0.0433. The number of carboxylic acids is 1. The van der Waals surface area contributed by atoms with Crippen molar-refractivity contribution in [2.75, 3.05) is 5.32 Å². The van der Waals surface area contributed by atoms with Crippen molar-refractivity contribution in [1.29, 1.82) is 0 Å². The van der Waals surface area contributed by atoms with Crippen LogP contribution in [0.4, 0.5) is 18.9 Å². The van der Waals surface area contributed by atoms with Gasteiger partial charge in [-0.2, -0.15) is 18.3 Å². The lowest BCUT2D eigenvalue weighted by Gasteiger charge is -2.24. The molecule has 0 aliphatic heterocycles. The van der Waals surface area contributed by atoms with Gasteiger partial charge in [0.2, 0.25) is 5.91 Å². The highest BCUT2D eigenvalue weighted by Crippen LogP contribution is 2.34. The van der Waals surface area contributed by atoms with Crippen LogP contribution in [0.1, 0.15) is 41.7 Å². The Labute approximate surface area is 146 Å². The summed E-state index contributed by atoms with van der Waals surface area (Å²) in [7, 11) is 0. The molecule has 1 aliphatic rings. The lowest BCUT2D eigenvalue weighted by atomic mass is 9.83. The summed E-state index contributed by atoms with van der Waals surface area (Å²) in [4.78, 5) is 22.9. The summed E-state index contributed by atoms with van der Waals surface area (Å²) in [6.45, 7) is 0. The number of anilines is 1. The zero-order valence-electron chi connectivity index (χ0n) is 13.6. The van der Waals surface area contributed by atoms with E-state index in [9.17, 15) is 22.8 Å². The number of halogens is 3. The maximum atomic E-state index is 13.2. The molecule has 26 heavy (non-hydrogen) atoms. The fourth-order valence-electron chi connectivity index (χ4n) is 2.83. The fourth-order valence-corrected chi connectivity index (χ4v) is 2.83. The molecule has 0 saturated heterocycles. The highest BCUT2D eigenvalue weighted by molar-refractivity contribution is 5.91. The average molecular weight is 367 g/mol. The largest absolute Gasteiger partial charge is 0.478 e. The Morgan fingerprint density at radius 1 is 1.23 bits per heavy atom. The van der Waals surface area contributed by atoms with E-state index in [4.69, 9.17) is 5.11 Å². The van der Waals surface area contributed by atoms with Crippen LogP contribution in [0.15, 0.2) is 30.5 Å². The fraction of sp³-hybridized carbons (Fsp3) is 0.353. The van der Waals surface area contributed by atoms with E-state index in [2.05, 4.69) is 10.4 Å². The summed E-state index contributed by atoms with van der Waals surface area (Å²) < 4.78 is 40.2. The van der Waals surface area contributed by atoms with E-state index in [-0.39, 0.29) is 11.6 Å². The SMILES string of the molecule is O=C(CC1CCC1)Nc1ccc(-n2ncc(C(=O)O)c2C(F)(F)F)cc1. The van der Waals surface area contributed by atoms with E-state index in [1.54, 1.807) is 0 Å². The number of amides is 1. The van der Waals surface area contributed by atoms with Crippen molar-refractivity contribution in [2.45, 2.75) is 31.9 Å². The van der Waals surface area contributed by atoms with Crippen LogP contribution in [0, 0.1) is 5.92 Å². The first kappa shape index (κ1) is 18.0. The van der Waals surface area contributed by atoms with Gasteiger partial charge < -0.3 is 10.4 Å². The van der Waals surface area contributed by atoms with E-state index in [1.165, 1.54) is 24.3 Å². The number of nitrogens with zero attached hydrogens (tertiary/aromatic N) is 2. The Morgan fingerprint density at radius 2 is 1.88 bits per heavy atom. The Bertz CT molecular complexity index is 824. The predicted molar refractivity (Wildman–Crippen MR) is 86.1 cm³/mol. The van der Waals surface area contributed by atoms with Gasteiger partial charge in [0.25, 0.3) is 0 Å². The van der Waals surface area contributed by atoms with Crippen molar-refractivity contribution < 1.29 is 27.9 Å². The maximum Gasteiger partial charge on any atom is 0.434 e. The Morgan fingerprint density at radius 3 is 2.38 bits per heavy atom. The van der Waals surface area contributed by atoms with Gasteiger partial charge in [-0.15, -0.1) is 0 Å². The summed E-state index contributed by atoms with van der Waals surface area (Å²) in [5, 5.41) is 15.2. The lowest BCUT2D eigenvalue weighted by Crippen LogP contribution is -2.21. The Hall–Kier alpha value is -2.84. The second kappa shape index (κ2) is 6.81. The molecule has 0 spiro atoms. The van der Waals surface area contributed by atoms with Gasteiger partial charge >= 0.3 is 12.1 Å². The van der Waals surface area contributed by atoms with Crippen LogP contribution in [0.2, 0.25) is 0 Å². The highest BCUT2D eigenvalue weighted by atomic mass is 19.4. The third-order valence-electron chi connectivity index (χ3n) is 4.36. The van der Waals surface area contributed by atoms with E-state index in [0.29, 0.717) is 28.9 Å². The number of nitrogens with one attached hydrogen (secondary N) is 1. The van der Waals surface area contributed by atoms with Crippen LogP contribution in [-0.4, -0.2) is 26.8 Å². The first-order valence-corrected chi connectivity index (χ1v) is 8.04. The molecule has 2 aromatic rings. The van der Waals surface area contributed by atoms with Gasteiger partial charge in [0.1, 0.15) is 5.56 Å². The lowest BCUT2D eigenvalue weighted by molar-refractivity contribution is -0.143. The molecular formula is C17H16F3N3O3. The van der Waals surface area contributed by atoms with E-state index in [1.807, 2.05) is 0 Å². The first-order valence-electron chi connectivity index (χ1n) is 8.04. The zero-order chi connectivity index (χ0) is 18.9. The molecular weight excluding hydrogens is 351 g/mol. The molecule has 138 valence electrons. The normalized spacial score (nSPS) is 14.7. The molecule has 1 aromatic heterocycles. The van der Waals surface area contributed by atoms with E-state index >= 15 is 0 Å². The van der Waals surface area contributed by atoms with E-state index in [0.717, 1.165) is 19.3 Å². The van der Waals surface area contributed by atoms with Gasteiger partial charge in [-0.05, 0) is 43.0 Å². The van der Waals surface area contributed by atoms with Crippen molar-refractivity contribution in [1.82, 2.24) is 9.78 Å². The Kier molecular flexibility index (Phi) is 4.71. The van der Waals surface area contributed by atoms with Crippen LogP contribution < -0.4 is 5.32 Å². The van der Waals surface area contributed by atoms with Crippen molar-refractivity contribution in [3.63, 3.8) is 0 Å². The van der Waals surface area contributed by atoms with Gasteiger partial charge in [-0.25, -0.2) is 9.48 Å².